The monoisotopic (exact) mass is 352 g/mol. The van der Waals surface area contributed by atoms with E-state index in [1.54, 1.807) is 18.2 Å². The van der Waals surface area contributed by atoms with E-state index >= 15 is 0 Å². The van der Waals surface area contributed by atoms with Crippen molar-refractivity contribution < 1.29 is 14.3 Å². The van der Waals surface area contributed by atoms with Crippen LogP contribution >= 0.6 is 0 Å². The van der Waals surface area contributed by atoms with Gasteiger partial charge < -0.3 is 14.8 Å². The molecule has 4 rings (SSSR count). The number of likely N-dealkylation sites (tertiary alicyclic amines) is 1. The van der Waals surface area contributed by atoms with Crippen molar-refractivity contribution in [3.63, 3.8) is 0 Å². The molecule has 136 valence electrons. The molecule has 2 aromatic carbocycles. The second-order valence-electron chi connectivity index (χ2n) is 6.80. The summed E-state index contributed by atoms with van der Waals surface area (Å²) in [5, 5.41) is 3.11. The number of nitrogens with one attached hydrogen (secondary N) is 1. The molecular weight excluding hydrogens is 328 g/mol. The van der Waals surface area contributed by atoms with Crippen LogP contribution in [0.2, 0.25) is 0 Å². The standard InChI is InChI=1S/C21H24N2O3/c24-21(17-9-10-19-20(13-17)26-15-25-19)22-14-18(16-7-3-1-4-8-16)23-11-5-2-6-12-23/h1,3-4,7-10,13,18H,2,5-6,11-12,14-15H2,(H,22,24). The van der Waals surface area contributed by atoms with Gasteiger partial charge in [0.15, 0.2) is 11.5 Å². The Morgan fingerprint density at radius 3 is 2.58 bits per heavy atom. The zero-order chi connectivity index (χ0) is 17.8. The van der Waals surface area contributed by atoms with Gasteiger partial charge in [0.2, 0.25) is 6.79 Å². The summed E-state index contributed by atoms with van der Waals surface area (Å²) in [5.74, 6) is 1.24. The van der Waals surface area contributed by atoms with E-state index in [0.29, 0.717) is 23.6 Å². The van der Waals surface area contributed by atoms with Crippen molar-refractivity contribution in [2.45, 2.75) is 25.3 Å². The van der Waals surface area contributed by atoms with Crippen molar-refractivity contribution in [3.05, 3.63) is 59.7 Å². The van der Waals surface area contributed by atoms with Crippen molar-refractivity contribution in [1.29, 1.82) is 0 Å². The van der Waals surface area contributed by atoms with Crippen molar-refractivity contribution in [2.75, 3.05) is 26.4 Å². The number of hydrogen-bond acceptors (Lipinski definition) is 4. The normalized spacial score (nSPS) is 17.7. The summed E-state index contributed by atoms with van der Waals surface area (Å²) in [4.78, 5) is 15.1. The zero-order valence-electron chi connectivity index (χ0n) is 14.8. The van der Waals surface area contributed by atoms with E-state index in [9.17, 15) is 4.79 Å². The molecule has 1 saturated heterocycles. The zero-order valence-corrected chi connectivity index (χ0v) is 14.8. The van der Waals surface area contributed by atoms with Crippen LogP contribution in [0.1, 0.15) is 41.2 Å². The Hall–Kier alpha value is -2.53. The number of rotatable bonds is 5. The second-order valence-corrected chi connectivity index (χ2v) is 6.80. The van der Waals surface area contributed by atoms with E-state index in [1.165, 1.54) is 24.8 Å². The van der Waals surface area contributed by atoms with Crippen LogP contribution in [0.5, 0.6) is 11.5 Å². The first-order valence-corrected chi connectivity index (χ1v) is 9.28. The molecule has 0 bridgehead atoms. The average molecular weight is 352 g/mol. The average Bonchev–Trinajstić information content (AvgIpc) is 3.17. The van der Waals surface area contributed by atoms with E-state index in [-0.39, 0.29) is 18.7 Å². The lowest BCUT2D eigenvalue weighted by molar-refractivity contribution is 0.0924. The third-order valence-corrected chi connectivity index (χ3v) is 5.11. The highest BCUT2D eigenvalue weighted by molar-refractivity contribution is 5.95. The first-order valence-electron chi connectivity index (χ1n) is 9.28. The lowest BCUT2D eigenvalue weighted by atomic mass is 10.0. The van der Waals surface area contributed by atoms with Crippen LogP contribution in [0.4, 0.5) is 0 Å². The molecule has 26 heavy (non-hydrogen) atoms. The molecule has 1 fully saturated rings. The summed E-state index contributed by atoms with van der Waals surface area (Å²) < 4.78 is 10.7. The number of piperidine rings is 1. The lowest BCUT2D eigenvalue weighted by Crippen LogP contribution is -2.40. The van der Waals surface area contributed by atoms with Crippen LogP contribution in [-0.2, 0) is 0 Å². The minimum Gasteiger partial charge on any atom is -0.454 e. The van der Waals surface area contributed by atoms with Gasteiger partial charge in [0.05, 0.1) is 6.04 Å². The highest BCUT2D eigenvalue weighted by Gasteiger charge is 2.23. The number of carbonyl (C=O) groups is 1. The smallest absolute Gasteiger partial charge is 0.251 e. The minimum absolute atomic E-state index is 0.0822. The summed E-state index contributed by atoms with van der Waals surface area (Å²) in [5.41, 5.74) is 1.85. The molecule has 2 heterocycles. The molecule has 0 saturated carbocycles. The number of amides is 1. The molecule has 2 aromatic rings. The molecule has 2 aliphatic heterocycles. The Morgan fingerprint density at radius 2 is 1.77 bits per heavy atom. The van der Waals surface area contributed by atoms with Gasteiger partial charge in [0.25, 0.3) is 5.91 Å². The quantitative estimate of drug-likeness (QED) is 0.896. The van der Waals surface area contributed by atoms with Gasteiger partial charge in [-0.25, -0.2) is 0 Å². The Balaban J connectivity index is 1.46. The number of ether oxygens (including phenoxy) is 2. The van der Waals surface area contributed by atoms with Crippen LogP contribution < -0.4 is 14.8 Å². The molecular formula is C21H24N2O3. The number of nitrogens with zero attached hydrogens (tertiary/aromatic N) is 1. The maximum atomic E-state index is 12.6. The maximum Gasteiger partial charge on any atom is 0.251 e. The van der Waals surface area contributed by atoms with Gasteiger partial charge in [-0.05, 0) is 49.7 Å². The predicted molar refractivity (Wildman–Crippen MR) is 99.5 cm³/mol. The van der Waals surface area contributed by atoms with Gasteiger partial charge in [-0.2, -0.15) is 0 Å². The molecule has 1 amide bonds. The fourth-order valence-corrected chi connectivity index (χ4v) is 3.69. The molecule has 0 aromatic heterocycles. The Bertz CT molecular complexity index is 757. The van der Waals surface area contributed by atoms with Crippen molar-refractivity contribution in [2.24, 2.45) is 0 Å². The third kappa shape index (κ3) is 3.68. The Morgan fingerprint density at radius 1 is 1.00 bits per heavy atom. The van der Waals surface area contributed by atoms with Crippen LogP contribution in [0, 0.1) is 0 Å². The highest BCUT2D eigenvalue weighted by Crippen LogP contribution is 2.32. The van der Waals surface area contributed by atoms with Crippen LogP contribution in [0.25, 0.3) is 0 Å². The summed E-state index contributed by atoms with van der Waals surface area (Å²) >= 11 is 0. The van der Waals surface area contributed by atoms with Crippen molar-refractivity contribution >= 4 is 5.91 Å². The van der Waals surface area contributed by atoms with Crippen molar-refractivity contribution in [1.82, 2.24) is 10.2 Å². The lowest BCUT2D eigenvalue weighted by Gasteiger charge is -2.35. The molecule has 1 N–H and O–H groups in total. The summed E-state index contributed by atoms with van der Waals surface area (Å²) in [7, 11) is 0. The molecule has 5 nitrogen and oxygen atoms in total. The number of hydrogen-bond donors (Lipinski definition) is 1. The van der Waals surface area contributed by atoms with E-state index in [2.05, 4.69) is 34.5 Å². The molecule has 1 unspecified atom stereocenters. The summed E-state index contributed by atoms with van der Waals surface area (Å²) in [6, 6.07) is 16.0. The molecule has 2 aliphatic rings. The molecule has 0 aliphatic carbocycles. The number of carbonyl (C=O) groups excluding carboxylic acids is 1. The summed E-state index contributed by atoms with van der Waals surface area (Å²) in [6.07, 6.45) is 3.74. The first kappa shape index (κ1) is 16.9. The third-order valence-electron chi connectivity index (χ3n) is 5.11. The van der Waals surface area contributed by atoms with Crippen LogP contribution in [0.15, 0.2) is 48.5 Å². The van der Waals surface area contributed by atoms with E-state index in [0.717, 1.165) is 13.1 Å². The van der Waals surface area contributed by atoms with E-state index in [4.69, 9.17) is 9.47 Å². The van der Waals surface area contributed by atoms with Gasteiger partial charge in [0, 0.05) is 12.1 Å². The Labute approximate surface area is 153 Å². The van der Waals surface area contributed by atoms with E-state index in [1.807, 2.05) is 6.07 Å². The molecule has 1 atom stereocenters. The SMILES string of the molecule is O=C(NCC(c1ccccc1)N1CCCCC1)c1ccc2c(c1)OCO2. The molecule has 0 radical (unpaired) electrons. The summed E-state index contributed by atoms with van der Waals surface area (Å²) in [6.45, 7) is 2.97. The topological polar surface area (TPSA) is 50.8 Å². The van der Waals surface area contributed by atoms with Gasteiger partial charge >= 0.3 is 0 Å². The van der Waals surface area contributed by atoms with E-state index < -0.39 is 0 Å². The van der Waals surface area contributed by atoms with Gasteiger partial charge in [-0.1, -0.05) is 36.8 Å². The fraction of sp³-hybridized carbons (Fsp3) is 0.381. The largest absolute Gasteiger partial charge is 0.454 e. The fourth-order valence-electron chi connectivity index (χ4n) is 3.69. The van der Waals surface area contributed by atoms with Crippen molar-refractivity contribution in [3.8, 4) is 11.5 Å². The van der Waals surface area contributed by atoms with Gasteiger partial charge in [0.1, 0.15) is 0 Å². The Kier molecular flexibility index (Phi) is 5.07. The molecule has 0 spiro atoms. The maximum absolute atomic E-state index is 12.6. The van der Waals surface area contributed by atoms with Crippen LogP contribution in [0.3, 0.4) is 0 Å². The minimum atomic E-state index is -0.0822. The first-order chi connectivity index (χ1) is 12.8. The predicted octanol–water partition coefficient (Wildman–Crippen LogP) is 3.37. The van der Waals surface area contributed by atoms with Gasteiger partial charge in [-0.3, -0.25) is 9.69 Å². The van der Waals surface area contributed by atoms with Crippen LogP contribution in [-0.4, -0.2) is 37.2 Å². The highest BCUT2D eigenvalue weighted by atomic mass is 16.7. The molecule has 5 heteroatoms. The second kappa shape index (κ2) is 7.79. The van der Waals surface area contributed by atoms with Gasteiger partial charge in [-0.15, -0.1) is 0 Å². The number of benzene rings is 2. The number of fused-ring (bicyclic) bond motifs is 1.